The van der Waals surface area contributed by atoms with Crippen LogP contribution in [0.1, 0.15) is 5.56 Å². The molecule has 1 heterocycles. The zero-order chi connectivity index (χ0) is 12.3. The Morgan fingerprint density at radius 1 is 1.24 bits per heavy atom. The first-order valence-corrected chi connectivity index (χ1v) is 5.51. The zero-order valence-corrected chi connectivity index (χ0v) is 10.1. The number of aromatic nitrogens is 1. The lowest BCUT2D eigenvalue weighted by molar-refractivity contribution is 0.282. The van der Waals surface area contributed by atoms with Gasteiger partial charge in [0.2, 0.25) is 0 Å². The van der Waals surface area contributed by atoms with Gasteiger partial charge in [-0.1, -0.05) is 17.7 Å². The first-order valence-electron chi connectivity index (χ1n) is 5.13. The molecular weight excluding hydrogens is 238 g/mol. The van der Waals surface area contributed by atoms with Gasteiger partial charge >= 0.3 is 0 Å². The number of ether oxygens (including phenoxy) is 1. The molecule has 1 aromatic heterocycles. The largest absolute Gasteiger partial charge is 0.495 e. The quantitative estimate of drug-likeness (QED) is 0.910. The number of methoxy groups -OCH3 is 1. The predicted molar refractivity (Wildman–Crippen MR) is 67.2 cm³/mol. The molecule has 0 spiro atoms. The summed E-state index contributed by atoms with van der Waals surface area (Å²) in [5, 5.41) is 9.73. The maximum Gasteiger partial charge on any atom is 0.137 e. The van der Waals surface area contributed by atoms with Crippen molar-refractivity contribution in [2.45, 2.75) is 6.61 Å². The fraction of sp³-hybridized carbons (Fsp3) is 0.154. The summed E-state index contributed by atoms with van der Waals surface area (Å²) in [6, 6.07) is 7.38. The lowest BCUT2D eigenvalue weighted by Crippen LogP contribution is -1.89. The monoisotopic (exact) mass is 249 g/mol. The number of halogens is 1. The summed E-state index contributed by atoms with van der Waals surface area (Å²) >= 11 is 5.94. The fourth-order valence-corrected chi connectivity index (χ4v) is 1.74. The number of pyridine rings is 1. The van der Waals surface area contributed by atoms with Crippen LogP contribution in [0, 0.1) is 0 Å². The molecule has 0 bridgehead atoms. The maximum absolute atomic E-state index is 9.17. The van der Waals surface area contributed by atoms with Gasteiger partial charge in [0.15, 0.2) is 0 Å². The van der Waals surface area contributed by atoms with Crippen molar-refractivity contribution in [2.75, 3.05) is 7.11 Å². The Hall–Kier alpha value is -1.58. The summed E-state index contributed by atoms with van der Waals surface area (Å²) in [5.74, 6) is 0.697. The zero-order valence-electron chi connectivity index (χ0n) is 9.35. The van der Waals surface area contributed by atoms with Crippen molar-refractivity contribution in [3.63, 3.8) is 0 Å². The molecule has 88 valence electrons. The van der Waals surface area contributed by atoms with Crippen LogP contribution in [0.4, 0.5) is 0 Å². The Morgan fingerprint density at radius 3 is 2.76 bits per heavy atom. The van der Waals surface area contributed by atoms with Crippen LogP contribution in [0.5, 0.6) is 5.75 Å². The number of hydrogen-bond donors (Lipinski definition) is 1. The molecule has 0 saturated heterocycles. The molecule has 1 N–H and O–H groups in total. The second kappa shape index (κ2) is 5.17. The minimum Gasteiger partial charge on any atom is -0.495 e. The molecule has 0 aliphatic carbocycles. The number of aliphatic hydroxyl groups is 1. The minimum absolute atomic E-state index is 0.0793. The van der Waals surface area contributed by atoms with Crippen molar-refractivity contribution >= 4 is 11.6 Å². The van der Waals surface area contributed by atoms with Crippen molar-refractivity contribution in [2.24, 2.45) is 0 Å². The van der Waals surface area contributed by atoms with Crippen LogP contribution < -0.4 is 4.74 Å². The SMILES string of the molecule is COc1cncc(-c2ccc(Cl)c(CO)c2)c1. The van der Waals surface area contributed by atoms with Gasteiger partial charge in [-0.2, -0.15) is 0 Å². The Kier molecular flexibility index (Phi) is 3.61. The summed E-state index contributed by atoms with van der Waals surface area (Å²) in [4.78, 5) is 4.09. The molecule has 4 heteroatoms. The highest BCUT2D eigenvalue weighted by atomic mass is 35.5. The second-order valence-electron chi connectivity index (χ2n) is 3.58. The van der Waals surface area contributed by atoms with Gasteiger partial charge in [0.25, 0.3) is 0 Å². The highest BCUT2D eigenvalue weighted by Crippen LogP contribution is 2.26. The summed E-state index contributed by atoms with van der Waals surface area (Å²) in [7, 11) is 1.60. The Morgan fingerprint density at radius 2 is 2.06 bits per heavy atom. The van der Waals surface area contributed by atoms with E-state index < -0.39 is 0 Å². The van der Waals surface area contributed by atoms with E-state index in [0.29, 0.717) is 16.3 Å². The summed E-state index contributed by atoms with van der Waals surface area (Å²) in [5.41, 5.74) is 2.58. The van der Waals surface area contributed by atoms with E-state index in [1.54, 1.807) is 25.6 Å². The molecule has 0 unspecified atom stereocenters. The molecule has 1 aromatic carbocycles. The van der Waals surface area contributed by atoms with Crippen LogP contribution in [0.25, 0.3) is 11.1 Å². The first kappa shape index (κ1) is 11.9. The number of rotatable bonds is 3. The van der Waals surface area contributed by atoms with Gasteiger partial charge in [0, 0.05) is 16.8 Å². The summed E-state index contributed by atoms with van der Waals surface area (Å²) < 4.78 is 5.12. The van der Waals surface area contributed by atoms with Gasteiger partial charge in [0.1, 0.15) is 5.75 Å². The molecule has 0 atom stereocenters. The third kappa shape index (κ3) is 2.57. The van der Waals surface area contributed by atoms with Crippen LogP contribution >= 0.6 is 11.6 Å². The van der Waals surface area contributed by atoms with Gasteiger partial charge in [-0.3, -0.25) is 4.98 Å². The molecule has 3 nitrogen and oxygen atoms in total. The second-order valence-corrected chi connectivity index (χ2v) is 3.98. The standard InChI is InChI=1S/C13H12ClNO2/c1-17-12-5-10(6-15-7-12)9-2-3-13(14)11(4-9)8-16/h2-7,16H,8H2,1H3. The fourth-order valence-electron chi connectivity index (χ4n) is 1.56. The summed E-state index contributed by atoms with van der Waals surface area (Å²) in [6.45, 7) is -0.0793. The van der Waals surface area contributed by atoms with Crippen molar-refractivity contribution in [3.05, 3.63) is 47.2 Å². The number of nitrogens with zero attached hydrogens (tertiary/aromatic N) is 1. The molecule has 0 saturated carbocycles. The van der Waals surface area contributed by atoms with E-state index in [0.717, 1.165) is 11.1 Å². The van der Waals surface area contributed by atoms with Crippen LogP contribution in [0.15, 0.2) is 36.7 Å². The molecule has 0 amide bonds. The Balaban J connectivity index is 2.45. The maximum atomic E-state index is 9.17. The van der Waals surface area contributed by atoms with E-state index >= 15 is 0 Å². The van der Waals surface area contributed by atoms with Gasteiger partial charge in [-0.05, 0) is 29.3 Å². The van der Waals surface area contributed by atoms with Crippen molar-refractivity contribution < 1.29 is 9.84 Å². The molecule has 2 aromatic rings. The number of aliphatic hydroxyl groups excluding tert-OH is 1. The molecule has 0 aliphatic rings. The smallest absolute Gasteiger partial charge is 0.137 e. The van der Waals surface area contributed by atoms with Gasteiger partial charge in [-0.15, -0.1) is 0 Å². The average molecular weight is 250 g/mol. The third-order valence-electron chi connectivity index (χ3n) is 2.50. The van der Waals surface area contributed by atoms with Crippen LogP contribution in [0.2, 0.25) is 5.02 Å². The van der Waals surface area contributed by atoms with Gasteiger partial charge < -0.3 is 9.84 Å². The molecule has 0 fully saturated rings. The van der Waals surface area contributed by atoms with Crippen molar-refractivity contribution in [3.8, 4) is 16.9 Å². The molecule has 0 aliphatic heterocycles. The lowest BCUT2D eigenvalue weighted by atomic mass is 10.0. The highest BCUT2D eigenvalue weighted by molar-refractivity contribution is 6.31. The molecule has 17 heavy (non-hydrogen) atoms. The summed E-state index contributed by atoms with van der Waals surface area (Å²) in [6.07, 6.45) is 3.39. The van der Waals surface area contributed by atoms with Crippen molar-refractivity contribution in [1.29, 1.82) is 0 Å². The van der Waals surface area contributed by atoms with Crippen LogP contribution in [-0.4, -0.2) is 17.2 Å². The molecular formula is C13H12ClNO2. The average Bonchev–Trinajstić information content (AvgIpc) is 2.39. The number of hydrogen-bond acceptors (Lipinski definition) is 3. The Labute approximate surface area is 105 Å². The number of benzene rings is 1. The minimum atomic E-state index is -0.0793. The van der Waals surface area contributed by atoms with Crippen molar-refractivity contribution in [1.82, 2.24) is 4.98 Å². The van der Waals surface area contributed by atoms with Crippen LogP contribution in [0.3, 0.4) is 0 Å². The van der Waals surface area contributed by atoms with E-state index in [1.807, 2.05) is 18.2 Å². The van der Waals surface area contributed by atoms with E-state index in [1.165, 1.54) is 0 Å². The van der Waals surface area contributed by atoms with E-state index in [2.05, 4.69) is 4.98 Å². The normalized spacial score (nSPS) is 10.3. The molecule has 0 radical (unpaired) electrons. The van der Waals surface area contributed by atoms with E-state index in [9.17, 15) is 0 Å². The predicted octanol–water partition coefficient (Wildman–Crippen LogP) is 2.90. The Bertz CT molecular complexity index is 529. The topological polar surface area (TPSA) is 42.4 Å². The molecule has 2 rings (SSSR count). The highest BCUT2D eigenvalue weighted by Gasteiger charge is 2.04. The van der Waals surface area contributed by atoms with E-state index in [4.69, 9.17) is 21.4 Å². The van der Waals surface area contributed by atoms with Crippen LogP contribution in [-0.2, 0) is 6.61 Å². The van der Waals surface area contributed by atoms with E-state index in [-0.39, 0.29) is 6.61 Å². The third-order valence-corrected chi connectivity index (χ3v) is 2.87. The van der Waals surface area contributed by atoms with Gasteiger partial charge in [0.05, 0.1) is 19.9 Å². The lowest BCUT2D eigenvalue weighted by Gasteiger charge is -2.07. The van der Waals surface area contributed by atoms with Gasteiger partial charge in [-0.25, -0.2) is 0 Å². The first-order chi connectivity index (χ1) is 8.24.